The molecule has 0 aliphatic heterocycles. The Hall–Kier alpha value is -1.50. The summed E-state index contributed by atoms with van der Waals surface area (Å²) in [7, 11) is 0. The van der Waals surface area contributed by atoms with Gasteiger partial charge in [-0.05, 0) is 12.0 Å². The van der Waals surface area contributed by atoms with Gasteiger partial charge in [0.1, 0.15) is 0 Å². The second-order valence-electron chi connectivity index (χ2n) is 4.28. The SMILES string of the molecule is CCCOCC(O)CNCc1ccc([N+](=O)[O-])cc1. The highest BCUT2D eigenvalue weighted by atomic mass is 16.6. The highest BCUT2D eigenvalue weighted by Gasteiger charge is 2.05. The fourth-order valence-electron chi connectivity index (χ4n) is 1.54. The van der Waals surface area contributed by atoms with Gasteiger partial charge in [0.05, 0.1) is 17.6 Å². The Balaban J connectivity index is 2.23. The first-order valence-corrected chi connectivity index (χ1v) is 6.33. The van der Waals surface area contributed by atoms with Crippen LogP contribution in [0.3, 0.4) is 0 Å². The molecule has 0 amide bonds. The van der Waals surface area contributed by atoms with E-state index < -0.39 is 11.0 Å². The molecule has 6 heteroatoms. The molecular formula is C13H20N2O4. The number of non-ortho nitro benzene ring substituents is 1. The first kappa shape index (κ1) is 15.6. The molecule has 1 atom stereocenters. The van der Waals surface area contributed by atoms with E-state index in [0.717, 1.165) is 12.0 Å². The molecule has 0 saturated carbocycles. The number of ether oxygens (including phenoxy) is 1. The van der Waals surface area contributed by atoms with Crippen LogP contribution in [0.5, 0.6) is 0 Å². The number of rotatable bonds is 9. The Labute approximate surface area is 112 Å². The van der Waals surface area contributed by atoms with Gasteiger partial charge < -0.3 is 15.2 Å². The number of aliphatic hydroxyl groups is 1. The van der Waals surface area contributed by atoms with E-state index in [4.69, 9.17) is 4.74 Å². The fourth-order valence-corrected chi connectivity index (χ4v) is 1.54. The van der Waals surface area contributed by atoms with Crippen molar-refractivity contribution in [2.75, 3.05) is 19.8 Å². The zero-order valence-corrected chi connectivity index (χ0v) is 11.0. The molecule has 0 radical (unpaired) electrons. The maximum absolute atomic E-state index is 10.5. The lowest BCUT2D eigenvalue weighted by Crippen LogP contribution is -2.30. The number of nitrogens with zero attached hydrogens (tertiary/aromatic N) is 1. The van der Waals surface area contributed by atoms with Gasteiger partial charge in [-0.3, -0.25) is 10.1 Å². The Morgan fingerprint density at radius 2 is 2.11 bits per heavy atom. The lowest BCUT2D eigenvalue weighted by molar-refractivity contribution is -0.384. The van der Waals surface area contributed by atoms with Crippen molar-refractivity contribution in [3.8, 4) is 0 Å². The second kappa shape index (κ2) is 8.58. The lowest BCUT2D eigenvalue weighted by atomic mass is 10.2. The average molecular weight is 268 g/mol. The Bertz CT molecular complexity index is 381. The average Bonchev–Trinajstić information content (AvgIpc) is 2.39. The normalized spacial score (nSPS) is 12.3. The van der Waals surface area contributed by atoms with Crippen LogP contribution in [0.15, 0.2) is 24.3 Å². The third kappa shape index (κ3) is 6.28. The van der Waals surface area contributed by atoms with Crippen molar-refractivity contribution in [3.63, 3.8) is 0 Å². The third-order valence-electron chi connectivity index (χ3n) is 2.51. The smallest absolute Gasteiger partial charge is 0.269 e. The van der Waals surface area contributed by atoms with E-state index in [9.17, 15) is 15.2 Å². The van der Waals surface area contributed by atoms with Gasteiger partial charge in [-0.15, -0.1) is 0 Å². The van der Waals surface area contributed by atoms with Crippen LogP contribution in [0, 0.1) is 10.1 Å². The van der Waals surface area contributed by atoms with E-state index in [1.807, 2.05) is 6.92 Å². The summed E-state index contributed by atoms with van der Waals surface area (Å²) in [5, 5.41) is 23.2. The zero-order valence-electron chi connectivity index (χ0n) is 11.0. The van der Waals surface area contributed by atoms with Crippen LogP contribution in [-0.4, -0.2) is 35.9 Å². The lowest BCUT2D eigenvalue weighted by Gasteiger charge is -2.12. The van der Waals surface area contributed by atoms with E-state index >= 15 is 0 Å². The van der Waals surface area contributed by atoms with Gasteiger partial charge in [-0.1, -0.05) is 19.1 Å². The summed E-state index contributed by atoms with van der Waals surface area (Å²) in [5.74, 6) is 0. The molecule has 0 aliphatic rings. The standard InChI is InChI=1S/C13H20N2O4/c1-2-7-19-10-13(16)9-14-8-11-3-5-12(6-4-11)15(17)18/h3-6,13-14,16H,2,7-10H2,1H3. The molecule has 19 heavy (non-hydrogen) atoms. The number of aliphatic hydroxyl groups excluding tert-OH is 1. The van der Waals surface area contributed by atoms with Crippen molar-refractivity contribution >= 4 is 5.69 Å². The van der Waals surface area contributed by atoms with Crippen molar-refractivity contribution in [1.29, 1.82) is 0 Å². The van der Waals surface area contributed by atoms with Crippen molar-refractivity contribution in [3.05, 3.63) is 39.9 Å². The van der Waals surface area contributed by atoms with Crippen LogP contribution in [0.4, 0.5) is 5.69 Å². The van der Waals surface area contributed by atoms with Crippen LogP contribution in [0.2, 0.25) is 0 Å². The number of nitrogens with one attached hydrogen (secondary N) is 1. The minimum Gasteiger partial charge on any atom is -0.389 e. The van der Waals surface area contributed by atoms with Gasteiger partial charge in [0.2, 0.25) is 0 Å². The maximum atomic E-state index is 10.5. The van der Waals surface area contributed by atoms with Crippen LogP contribution < -0.4 is 5.32 Å². The topological polar surface area (TPSA) is 84.6 Å². The molecule has 0 aromatic heterocycles. The number of hydrogen-bond acceptors (Lipinski definition) is 5. The molecule has 106 valence electrons. The first-order chi connectivity index (χ1) is 9.13. The molecule has 6 nitrogen and oxygen atoms in total. The molecule has 0 heterocycles. The molecule has 2 N–H and O–H groups in total. The molecule has 0 fully saturated rings. The molecule has 1 aromatic rings. The van der Waals surface area contributed by atoms with Crippen molar-refractivity contribution in [2.24, 2.45) is 0 Å². The van der Waals surface area contributed by atoms with E-state index in [0.29, 0.717) is 26.3 Å². The van der Waals surface area contributed by atoms with E-state index in [1.54, 1.807) is 12.1 Å². The summed E-state index contributed by atoms with van der Waals surface area (Å²) in [6.07, 6.45) is 0.396. The quantitative estimate of drug-likeness (QED) is 0.402. The summed E-state index contributed by atoms with van der Waals surface area (Å²) in [4.78, 5) is 10.1. The molecule has 1 rings (SSSR count). The Morgan fingerprint density at radius 1 is 1.42 bits per heavy atom. The van der Waals surface area contributed by atoms with Gasteiger partial charge in [-0.2, -0.15) is 0 Å². The van der Waals surface area contributed by atoms with Crippen LogP contribution >= 0.6 is 0 Å². The van der Waals surface area contributed by atoms with Crippen LogP contribution in [-0.2, 0) is 11.3 Å². The fraction of sp³-hybridized carbons (Fsp3) is 0.538. The summed E-state index contributed by atoms with van der Waals surface area (Å²) < 4.78 is 5.22. The number of nitro benzene ring substituents is 1. The van der Waals surface area contributed by atoms with Gasteiger partial charge in [0.25, 0.3) is 5.69 Å². The Kier molecular flexibility index (Phi) is 7.02. The van der Waals surface area contributed by atoms with Crippen molar-refractivity contribution < 1.29 is 14.8 Å². The number of benzene rings is 1. The summed E-state index contributed by atoms with van der Waals surface area (Å²) in [5.41, 5.74) is 1.02. The first-order valence-electron chi connectivity index (χ1n) is 6.33. The van der Waals surface area contributed by atoms with Gasteiger partial charge >= 0.3 is 0 Å². The summed E-state index contributed by atoms with van der Waals surface area (Å²) in [6, 6.07) is 6.34. The molecule has 0 saturated heterocycles. The largest absolute Gasteiger partial charge is 0.389 e. The monoisotopic (exact) mass is 268 g/mol. The predicted molar refractivity (Wildman–Crippen MR) is 71.9 cm³/mol. The molecule has 0 aliphatic carbocycles. The predicted octanol–water partition coefficient (Wildman–Crippen LogP) is 1.47. The number of nitro groups is 1. The minimum absolute atomic E-state index is 0.0803. The maximum Gasteiger partial charge on any atom is 0.269 e. The Morgan fingerprint density at radius 3 is 2.68 bits per heavy atom. The van der Waals surface area contributed by atoms with Gasteiger partial charge in [0, 0.05) is 31.8 Å². The zero-order chi connectivity index (χ0) is 14.1. The highest BCUT2D eigenvalue weighted by molar-refractivity contribution is 5.32. The molecular weight excluding hydrogens is 248 g/mol. The van der Waals surface area contributed by atoms with Crippen LogP contribution in [0.25, 0.3) is 0 Å². The van der Waals surface area contributed by atoms with Crippen molar-refractivity contribution in [1.82, 2.24) is 5.32 Å². The van der Waals surface area contributed by atoms with Crippen molar-refractivity contribution in [2.45, 2.75) is 26.0 Å². The molecule has 1 aromatic carbocycles. The molecule has 0 bridgehead atoms. The van der Waals surface area contributed by atoms with Crippen LogP contribution in [0.1, 0.15) is 18.9 Å². The molecule has 1 unspecified atom stereocenters. The third-order valence-corrected chi connectivity index (χ3v) is 2.51. The second-order valence-corrected chi connectivity index (χ2v) is 4.28. The van der Waals surface area contributed by atoms with E-state index in [1.165, 1.54) is 12.1 Å². The molecule has 0 spiro atoms. The van der Waals surface area contributed by atoms with E-state index in [-0.39, 0.29) is 5.69 Å². The van der Waals surface area contributed by atoms with Gasteiger partial charge in [0.15, 0.2) is 0 Å². The summed E-state index contributed by atoms with van der Waals surface area (Å²) in [6.45, 7) is 3.98. The summed E-state index contributed by atoms with van der Waals surface area (Å²) >= 11 is 0. The van der Waals surface area contributed by atoms with E-state index in [2.05, 4.69) is 5.32 Å². The highest BCUT2D eigenvalue weighted by Crippen LogP contribution is 2.11. The number of hydrogen-bond donors (Lipinski definition) is 2. The minimum atomic E-state index is -0.537. The van der Waals surface area contributed by atoms with Gasteiger partial charge in [-0.25, -0.2) is 0 Å².